The SMILES string of the molecule is Brc1ccc2nc(-c3cncc(N4CCOCC4)n3)[nH]c2c1. The molecule has 0 spiro atoms. The van der Waals surface area contributed by atoms with Gasteiger partial charge in [0.1, 0.15) is 11.5 Å². The quantitative estimate of drug-likeness (QED) is 0.761. The van der Waals surface area contributed by atoms with Crippen molar-refractivity contribution in [2.45, 2.75) is 0 Å². The van der Waals surface area contributed by atoms with Gasteiger partial charge in [-0.2, -0.15) is 0 Å². The molecule has 4 rings (SSSR count). The summed E-state index contributed by atoms with van der Waals surface area (Å²) in [7, 11) is 0. The molecule has 7 heteroatoms. The van der Waals surface area contributed by atoms with E-state index in [0.29, 0.717) is 0 Å². The molecule has 0 saturated carbocycles. The number of hydrogen-bond acceptors (Lipinski definition) is 5. The molecule has 3 heterocycles. The van der Waals surface area contributed by atoms with Crippen LogP contribution in [0.3, 0.4) is 0 Å². The van der Waals surface area contributed by atoms with Crippen molar-refractivity contribution in [2.75, 3.05) is 31.2 Å². The zero-order chi connectivity index (χ0) is 14.9. The number of H-pyrrole nitrogens is 1. The van der Waals surface area contributed by atoms with Crippen LogP contribution >= 0.6 is 15.9 Å². The normalized spacial score (nSPS) is 15.4. The Morgan fingerprint density at radius 2 is 2.00 bits per heavy atom. The number of aromatic nitrogens is 4. The highest BCUT2D eigenvalue weighted by molar-refractivity contribution is 9.10. The van der Waals surface area contributed by atoms with E-state index >= 15 is 0 Å². The minimum absolute atomic E-state index is 0.727. The molecule has 0 atom stereocenters. The Balaban J connectivity index is 1.71. The molecule has 22 heavy (non-hydrogen) atoms. The van der Waals surface area contributed by atoms with E-state index in [-0.39, 0.29) is 0 Å². The number of ether oxygens (including phenoxy) is 1. The minimum Gasteiger partial charge on any atom is -0.378 e. The zero-order valence-corrected chi connectivity index (χ0v) is 13.4. The van der Waals surface area contributed by atoms with Crippen LogP contribution in [-0.2, 0) is 4.74 Å². The smallest absolute Gasteiger partial charge is 0.158 e. The van der Waals surface area contributed by atoms with Gasteiger partial charge in [-0.05, 0) is 18.2 Å². The third kappa shape index (κ3) is 2.57. The van der Waals surface area contributed by atoms with Crippen molar-refractivity contribution in [1.82, 2.24) is 19.9 Å². The largest absolute Gasteiger partial charge is 0.378 e. The fourth-order valence-electron chi connectivity index (χ4n) is 2.52. The number of fused-ring (bicyclic) bond motifs is 1. The molecular weight excluding hydrogens is 346 g/mol. The van der Waals surface area contributed by atoms with Crippen molar-refractivity contribution in [2.24, 2.45) is 0 Å². The first-order valence-electron chi connectivity index (χ1n) is 7.10. The van der Waals surface area contributed by atoms with Crippen molar-refractivity contribution in [3.8, 4) is 11.5 Å². The lowest BCUT2D eigenvalue weighted by atomic mass is 10.3. The Bertz CT molecular complexity index is 813. The summed E-state index contributed by atoms with van der Waals surface area (Å²) in [5.41, 5.74) is 2.64. The first-order valence-corrected chi connectivity index (χ1v) is 7.89. The zero-order valence-electron chi connectivity index (χ0n) is 11.8. The molecule has 1 aliphatic rings. The fourth-order valence-corrected chi connectivity index (χ4v) is 2.88. The van der Waals surface area contributed by atoms with Crippen LogP contribution in [0, 0.1) is 0 Å². The maximum Gasteiger partial charge on any atom is 0.158 e. The predicted molar refractivity (Wildman–Crippen MR) is 87.9 cm³/mol. The summed E-state index contributed by atoms with van der Waals surface area (Å²) in [4.78, 5) is 19.1. The number of imidazole rings is 1. The Morgan fingerprint density at radius 3 is 2.86 bits per heavy atom. The van der Waals surface area contributed by atoms with Crippen LogP contribution in [-0.4, -0.2) is 46.2 Å². The molecule has 0 aliphatic carbocycles. The van der Waals surface area contributed by atoms with Gasteiger partial charge < -0.3 is 14.6 Å². The molecule has 6 nitrogen and oxygen atoms in total. The number of anilines is 1. The Morgan fingerprint density at radius 1 is 1.14 bits per heavy atom. The maximum absolute atomic E-state index is 5.37. The second-order valence-electron chi connectivity index (χ2n) is 5.11. The second-order valence-corrected chi connectivity index (χ2v) is 6.02. The van der Waals surface area contributed by atoms with Crippen LogP contribution in [0.4, 0.5) is 5.82 Å². The van der Waals surface area contributed by atoms with Gasteiger partial charge in [0.05, 0.1) is 36.6 Å². The van der Waals surface area contributed by atoms with E-state index < -0.39 is 0 Å². The van der Waals surface area contributed by atoms with Gasteiger partial charge >= 0.3 is 0 Å². The number of nitrogens with zero attached hydrogens (tertiary/aromatic N) is 4. The number of aromatic amines is 1. The average molecular weight is 360 g/mol. The molecule has 3 aromatic rings. The molecule has 2 aromatic heterocycles. The predicted octanol–water partition coefficient (Wildman–Crippen LogP) is 2.62. The van der Waals surface area contributed by atoms with Crippen molar-refractivity contribution >= 4 is 32.8 Å². The van der Waals surface area contributed by atoms with Gasteiger partial charge in [-0.1, -0.05) is 15.9 Å². The summed E-state index contributed by atoms with van der Waals surface area (Å²) in [6.45, 7) is 3.13. The van der Waals surface area contributed by atoms with E-state index in [9.17, 15) is 0 Å². The Hall–Kier alpha value is -1.99. The minimum atomic E-state index is 0.727. The molecule has 1 saturated heterocycles. The molecule has 0 bridgehead atoms. The van der Waals surface area contributed by atoms with Gasteiger partial charge in [-0.15, -0.1) is 0 Å². The van der Waals surface area contributed by atoms with Crippen LogP contribution < -0.4 is 4.90 Å². The summed E-state index contributed by atoms with van der Waals surface area (Å²) < 4.78 is 6.39. The fraction of sp³-hybridized carbons (Fsp3) is 0.267. The van der Waals surface area contributed by atoms with Gasteiger partial charge in [0.15, 0.2) is 5.82 Å². The van der Waals surface area contributed by atoms with Crippen LogP contribution in [0.1, 0.15) is 0 Å². The highest BCUT2D eigenvalue weighted by Gasteiger charge is 2.14. The first-order chi connectivity index (χ1) is 10.8. The third-order valence-electron chi connectivity index (χ3n) is 3.64. The average Bonchev–Trinajstić information content (AvgIpc) is 2.99. The summed E-state index contributed by atoms with van der Waals surface area (Å²) in [6.07, 6.45) is 3.52. The molecule has 0 amide bonds. The van der Waals surface area contributed by atoms with Crippen molar-refractivity contribution in [3.63, 3.8) is 0 Å². The van der Waals surface area contributed by atoms with E-state index in [1.807, 2.05) is 18.2 Å². The number of hydrogen-bond donors (Lipinski definition) is 1. The first kappa shape index (κ1) is 13.7. The molecule has 1 N–H and O–H groups in total. The molecule has 1 fully saturated rings. The van der Waals surface area contributed by atoms with E-state index in [2.05, 4.69) is 40.8 Å². The lowest BCUT2D eigenvalue weighted by Crippen LogP contribution is -2.36. The molecule has 112 valence electrons. The summed E-state index contributed by atoms with van der Waals surface area (Å²) >= 11 is 3.47. The van der Waals surface area contributed by atoms with Crippen LogP contribution in [0.25, 0.3) is 22.6 Å². The summed E-state index contributed by atoms with van der Waals surface area (Å²) in [5, 5.41) is 0. The highest BCUT2D eigenvalue weighted by atomic mass is 79.9. The van der Waals surface area contributed by atoms with Gasteiger partial charge in [-0.25, -0.2) is 9.97 Å². The number of nitrogens with one attached hydrogen (secondary N) is 1. The van der Waals surface area contributed by atoms with Crippen LogP contribution in [0.2, 0.25) is 0 Å². The number of benzene rings is 1. The topological polar surface area (TPSA) is 66.9 Å². The lowest BCUT2D eigenvalue weighted by Gasteiger charge is -2.27. The molecular formula is C15H14BrN5O. The van der Waals surface area contributed by atoms with Crippen molar-refractivity contribution in [3.05, 3.63) is 35.1 Å². The van der Waals surface area contributed by atoms with E-state index in [1.54, 1.807) is 12.4 Å². The van der Waals surface area contributed by atoms with Crippen molar-refractivity contribution in [1.29, 1.82) is 0 Å². The van der Waals surface area contributed by atoms with Crippen LogP contribution in [0.15, 0.2) is 35.1 Å². The lowest BCUT2D eigenvalue weighted by molar-refractivity contribution is 0.122. The van der Waals surface area contributed by atoms with E-state index in [1.165, 1.54) is 0 Å². The monoisotopic (exact) mass is 359 g/mol. The van der Waals surface area contributed by atoms with Crippen LogP contribution in [0.5, 0.6) is 0 Å². The summed E-state index contributed by atoms with van der Waals surface area (Å²) in [5.74, 6) is 1.60. The van der Waals surface area contributed by atoms with Gasteiger partial charge in [0.25, 0.3) is 0 Å². The molecule has 1 aliphatic heterocycles. The number of rotatable bonds is 2. The summed E-state index contributed by atoms with van der Waals surface area (Å²) in [6, 6.07) is 5.95. The van der Waals surface area contributed by atoms with Gasteiger partial charge in [0.2, 0.25) is 0 Å². The second kappa shape index (κ2) is 5.66. The Labute approximate surface area is 135 Å². The standard InChI is InChI=1S/C15H14BrN5O/c16-10-1-2-11-12(7-10)20-15(19-11)13-8-17-9-14(18-13)21-3-5-22-6-4-21/h1-2,7-9H,3-6H2,(H,19,20). The number of morpholine rings is 1. The highest BCUT2D eigenvalue weighted by Crippen LogP contribution is 2.23. The van der Waals surface area contributed by atoms with Gasteiger partial charge in [0, 0.05) is 17.6 Å². The molecule has 1 aromatic carbocycles. The van der Waals surface area contributed by atoms with E-state index in [4.69, 9.17) is 4.74 Å². The Kier molecular flexibility index (Phi) is 3.51. The number of halogens is 1. The maximum atomic E-state index is 5.37. The third-order valence-corrected chi connectivity index (χ3v) is 4.14. The van der Waals surface area contributed by atoms with Crippen molar-refractivity contribution < 1.29 is 4.74 Å². The van der Waals surface area contributed by atoms with E-state index in [0.717, 1.165) is 59.1 Å². The molecule has 0 radical (unpaired) electrons. The van der Waals surface area contributed by atoms with Gasteiger partial charge in [-0.3, -0.25) is 4.98 Å². The molecule has 0 unspecified atom stereocenters.